The largest absolute Gasteiger partial charge is 0.484 e. The first-order valence-corrected chi connectivity index (χ1v) is 13.0. The van der Waals surface area contributed by atoms with Crippen LogP contribution in [0.1, 0.15) is 28.8 Å². The third-order valence-corrected chi connectivity index (χ3v) is 7.20. The van der Waals surface area contributed by atoms with E-state index in [-0.39, 0.29) is 36.5 Å². The van der Waals surface area contributed by atoms with Crippen molar-refractivity contribution in [1.82, 2.24) is 15.1 Å². The average molecular weight is 547 g/mol. The molecule has 1 N–H and O–H groups in total. The molecule has 3 amide bonds. The minimum absolute atomic E-state index is 0.00448. The number of benzene rings is 2. The van der Waals surface area contributed by atoms with E-state index in [2.05, 4.69) is 18.5 Å². The molecule has 0 aliphatic carbocycles. The Bertz CT molecular complexity index is 1360. The maximum Gasteiger partial charge on any atom is 0.271 e. The van der Waals surface area contributed by atoms with E-state index in [1.807, 2.05) is 37.2 Å². The monoisotopic (exact) mass is 546 g/mol. The van der Waals surface area contributed by atoms with Crippen LogP contribution in [0.4, 0.5) is 5.69 Å². The predicted octanol–water partition coefficient (Wildman–Crippen LogP) is 2.73. The number of ether oxygens (including phenoxy) is 2. The van der Waals surface area contributed by atoms with Crippen LogP contribution in [-0.2, 0) is 25.7 Å². The first-order chi connectivity index (χ1) is 19.1. The maximum atomic E-state index is 13.3. The molecule has 0 spiro atoms. The summed E-state index contributed by atoms with van der Waals surface area (Å²) in [6, 6.07) is 11.0. The third-order valence-electron chi connectivity index (χ3n) is 7.20. The number of rotatable bonds is 10. The van der Waals surface area contributed by atoms with Crippen molar-refractivity contribution in [3.63, 3.8) is 0 Å². The van der Waals surface area contributed by atoms with E-state index in [9.17, 15) is 19.2 Å². The Kier molecular flexibility index (Phi) is 8.69. The Balaban J connectivity index is 1.50. The summed E-state index contributed by atoms with van der Waals surface area (Å²) >= 11 is 0. The summed E-state index contributed by atoms with van der Waals surface area (Å²) in [6.45, 7) is 8.84. The van der Waals surface area contributed by atoms with Gasteiger partial charge >= 0.3 is 0 Å². The van der Waals surface area contributed by atoms with Crippen molar-refractivity contribution in [3.8, 4) is 16.9 Å². The van der Waals surface area contributed by atoms with Crippen molar-refractivity contribution >= 4 is 29.7 Å². The average Bonchev–Trinajstić information content (AvgIpc) is 3.31. The molecule has 2 aliphatic rings. The number of likely N-dealkylation sites (N-methyl/N-ethyl adjacent to an activating group) is 1. The van der Waals surface area contributed by atoms with Gasteiger partial charge in [0.05, 0.1) is 17.9 Å². The van der Waals surface area contributed by atoms with Gasteiger partial charge in [0.1, 0.15) is 18.1 Å². The predicted molar refractivity (Wildman–Crippen MR) is 151 cm³/mol. The van der Waals surface area contributed by atoms with Gasteiger partial charge in [0, 0.05) is 46.0 Å². The van der Waals surface area contributed by atoms with E-state index in [0.717, 1.165) is 22.4 Å². The van der Waals surface area contributed by atoms with Gasteiger partial charge in [0.15, 0.2) is 6.29 Å². The molecule has 0 radical (unpaired) electrons. The molecule has 0 aromatic heterocycles. The highest BCUT2D eigenvalue weighted by Gasteiger charge is 2.34. The molecule has 10 heteroatoms. The van der Waals surface area contributed by atoms with Gasteiger partial charge in [0.2, 0.25) is 0 Å². The molecule has 210 valence electrons. The van der Waals surface area contributed by atoms with Crippen molar-refractivity contribution in [2.24, 2.45) is 0 Å². The van der Waals surface area contributed by atoms with Gasteiger partial charge in [-0.1, -0.05) is 31.4 Å². The van der Waals surface area contributed by atoms with Crippen LogP contribution in [-0.4, -0.2) is 80.8 Å². The Hall–Kier alpha value is -4.44. The lowest BCUT2D eigenvalue weighted by Crippen LogP contribution is -2.44. The molecule has 1 fully saturated rings. The van der Waals surface area contributed by atoms with Crippen LogP contribution in [0.5, 0.6) is 5.75 Å². The molecule has 2 aliphatic heterocycles. The van der Waals surface area contributed by atoms with Crippen LogP contribution in [0, 0.1) is 0 Å². The second-order valence-electron chi connectivity index (χ2n) is 9.92. The molecule has 0 unspecified atom stereocenters. The highest BCUT2D eigenvalue weighted by atomic mass is 16.5. The molecular formula is C30H34N4O6. The van der Waals surface area contributed by atoms with Crippen LogP contribution in [0.15, 0.2) is 61.0 Å². The summed E-state index contributed by atoms with van der Waals surface area (Å²) in [7, 11) is 5.42. The summed E-state index contributed by atoms with van der Waals surface area (Å²) < 4.78 is 10.9. The number of fused-ring (bicyclic) bond motifs is 1. The van der Waals surface area contributed by atoms with E-state index in [0.29, 0.717) is 43.7 Å². The van der Waals surface area contributed by atoms with Gasteiger partial charge in [-0.15, -0.1) is 0 Å². The zero-order chi connectivity index (χ0) is 29.0. The number of carbonyl (C=O) groups excluding carboxylic acids is 4. The van der Waals surface area contributed by atoms with Gasteiger partial charge in [0.25, 0.3) is 17.7 Å². The fraction of sp³-hybridized carbons (Fsp3) is 0.333. The van der Waals surface area contributed by atoms with Crippen LogP contribution < -0.4 is 15.0 Å². The number of nitrogens with zero attached hydrogens (tertiary/aromatic N) is 3. The number of anilines is 1. The van der Waals surface area contributed by atoms with Gasteiger partial charge in [-0.25, -0.2) is 0 Å². The SMILES string of the molecule is C=C(NC(=O)C(=C)N1Cc2c(cccc2-c2ccc(OCC=O)c(N(C)C)c2)C1=O)C(=O)N(C)C1CCOCC1. The lowest BCUT2D eigenvalue weighted by Gasteiger charge is -2.31. The summed E-state index contributed by atoms with van der Waals surface area (Å²) in [5, 5.41) is 2.52. The van der Waals surface area contributed by atoms with Crippen LogP contribution >= 0.6 is 0 Å². The van der Waals surface area contributed by atoms with E-state index in [1.165, 1.54) is 4.90 Å². The Morgan fingerprint density at radius 3 is 2.50 bits per heavy atom. The maximum absolute atomic E-state index is 13.3. The molecule has 40 heavy (non-hydrogen) atoms. The molecule has 2 aromatic carbocycles. The van der Waals surface area contributed by atoms with E-state index < -0.39 is 11.8 Å². The van der Waals surface area contributed by atoms with E-state index in [4.69, 9.17) is 9.47 Å². The Morgan fingerprint density at radius 1 is 1.12 bits per heavy atom. The second kappa shape index (κ2) is 12.2. The lowest BCUT2D eigenvalue weighted by atomic mass is 9.96. The minimum atomic E-state index is -0.673. The number of hydrogen-bond donors (Lipinski definition) is 1. The highest BCUT2D eigenvalue weighted by molar-refractivity contribution is 6.08. The molecule has 2 heterocycles. The normalized spacial score (nSPS) is 14.8. The highest BCUT2D eigenvalue weighted by Crippen LogP contribution is 2.38. The molecule has 0 atom stereocenters. The molecule has 1 saturated heterocycles. The van der Waals surface area contributed by atoms with Crippen LogP contribution in [0.2, 0.25) is 0 Å². The molecular weight excluding hydrogens is 512 g/mol. The van der Waals surface area contributed by atoms with Gasteiger partial charge in [-0.2, -0.15) is 0 Å². The number of nitrogens with one attached hydrogen (secondary N) is 1. The minimum Gasteiger partial charge on any atom is -0.484 e. The van der Waals surface area contributed by atoms with Gasteiger partial charge < -0.3 is 24.6 Å². The van der Waals surface area contributed by atoms with E-state index in [1.54, 1.807) is 30.1 Å². The summed E-state index contributed by atoms with van der Waals surface area (Å²) in [5.41, 5.74) is 3.49. The van der Waals surface area contributed by atoms with Crippen LogP contribution in [0.3, 0.4) is 0 Å². The topological polar surface area (TPSA) is 108 Å². The van der Waals surface area contributed by atoms with Crippen molar-refractivity contribution in [2.75, 3.05) is 45.9 Å². The van der Waals surface area contributed by atoms with Crippen molar-refractivity contribution in [2.45, 2.75) is 25.4 Å². The first-order valence-electron chi connectivity index (χ1n) is 13.0. The lowest BCUT2D eigenvalue weighted by molar-refractivity contribution is -0.131. The quantitative estimate of drug-likeness (QED) is 0.361. The molecule has 0 bridgehead atoms. The second-order valence-corrected chi connectivity index (χ2v) is 9.92. The smallest absolute Gasteiger partial charge is 0.271 e. The fourth-order valence-corrected chi connectivity index (χ4v) is 4.94. The molecule has 0 saturated carbocycles. The summed E-state index contributed by atoms with van der Waals surface area (Å²) in [5.74, 6) is -0.864. The zero-order valence-corrected chi connectivity index (χ0v) is 23.1. The molecule has 10 nitrogen and oxygen atoms in total. The molecule has 2 aromatic rings. The standard InChI is InChI=1S/C30H34N4O6/c1-19(29(37)33(5)22-11-14-39-15-12-22)31-28(36)20(2)34-18-25-23(7-6-8-24(25)30(34)38)21-9-10-27(40-16-13-35)26(17-21)32(3)4/h6-10,13,17,22H,1-2,11-12,14-16,18H2,3-5H3,(H,31,36). The Morgan fingerprint density at radius 2 is 1.82 bits per heavy atom. The number of aldehydes is 1. The van der Waals surface area contributed by atoms with E-state index >= 15 is 0 Å². The Labute approximate surface area is 233 Å². The summed E-state index contributed by atoms with van der Waals surface area (Å²) in [6.07, 6.45) is 2.11. The number of hydrogen-bond acceptors (Lipinski definition) is 7. The van der Waals surface area contributed by atoms with Crippen molar-refractivity contribution in [3.05, 3.63) is 72.1 Å². The zero-order valence-electron chi connectivity index (χ0n) is 23.1. The third kappa shape index (κ3) is 5.76. The fourth-order valence-electron chi connectivity index (χ4n) is 4.94. The van der Waals surface area contributed by atoms with Gasteiger partial charge in [-0.3, -0.25) is 24.1 Å². The van der Waals surface area contributed by atoms with Crippen molar-refractivity contribution < 1.29 is 28.7 Å². The van der Waals surface area contributed by atoms with Gasteiger partial charge in [-0.05, 0) is 47.7 Å². The first kappa shape index (κ1) is 28.6. The number of carbonyl (C=O) groups is 4. The molecule has 4 rings (SSSR count). The number of amides is 3. The summed E-state index contributed by atoms with van der Waals surface area (Å²) in [4.78, 5) is 54.8. The van der Waals surface area contributed by atoms with Crippen LogP contribution in [0.25, 0.3) is 11.1 Å². The van der Waals surface area contributed by atoms with Crippen molar-refractivity contribution in [1.29, 1.82) is 0 Å².